The highest BCUT2D eigenvalue weighted by Crippen LogP contribution is 2.26. The number of rotatable bonds is 5. The Balaban J connectivity index is 2.00. The summed E-state index contributed by atoms with van der Waals surface area (Å²) >= 11 is 0. The number of carbonyl (C=O) groups is 3. The number of benzene rings is 1. The first-order chi connectivity index (χ1) is 13.6. The standard InChI is InChI=1S/C21H30N2O6/c1-5-27-17(24)21(22-18(25)28-15-16-9-7-6-8-10-16)11-13-23(14-12-21)19(26)29-20(2,3)4/h6-10H,5,11-15H2,1-4H3,(H,22,25). The molecule has 1 aromatic carbocycles. The van der Waals surface area contributed by atoms with Crippen molar-refractivity contribution in [3.63, 3.8) is 0 Å². The highest BCUT2D eigenvalue weighted by molar-refractivity contribution is 5.86. The van der Waals surface area contributed by atoms with Crippen LogP contribution in [0, 0.1) is 0 Å². The maximum absolute atomic E-state index is 12.6. The highest BCUT2D eigenvalue weighted by atomic mass is 16.6. The van der Waals surface area contributed by atoms with Crippen molar-refractivity contribution < 1.29 is 28.6 Å². The van der Waals surface area contributed by atoms with Gasteiger partial charge < -0.3 is 24.4 Å². The van der Waals surface area contributed by atoms with E-state index in [0.717, 1.165) is 5.56 Å². The lowest BCUT2D eigenvalue weighted by Crippen LogP contribution is -2.61. The van der Waals surface area contributed by atoms with Gasteiger partial charge in [0.25, 0.3) is 0 Å². The van der Waals surface area contributed by atoms with Crippen LogP contribution in [0.2, 0.25) is 0 Å². The first-order valence-corrected chi connectivity index (χ1v) is 9.79. The first kappa shape index (κ1) is 22.5. The van der Waals surface area contributed by atoms with Gasteiger partial charge >= 0.3 is 18.2 Å². The fraction of sp³-hybridized carbons (Fsp3) is 0.571. The van der Waals surface area contributed by atoms with Crippen LogP contribution in [0.1, 0.15) is 46.1 Å². The Bertz CT molecular complexity index is 706. The molecule has 1 aliphatic rings. The van der Waals surface area contributed by atoms with Crippen LogP contribution in [0.4, 0.5) is 9.59 Å². The average molecular weight is 406 g/mol. The number of piperidine rings is 1. The summed E-state index contributed by atoms with van der Waals surface area (Å²) in [5, 5.41) is 2.68. The summed E-state index contributed by atoms with van der Waals surface area (Å²) in [5.74, 6) is -0.527. The minimum atomic E-state index is -1.23. The minimum Gasteiger partial charge on any atom is -0.464 e. The van der Waals surface area contributed by atoms with Gasteiger partial charge in [-0.25, -0.2) is 14.4 Å². The summed E-state index contributed by atoms with van der Waals surface area (Å²) in [7, 11) is 0. The quantitative estimate of drug-likeness (QED) is 0.596. The molecule has 0 atom stereocenters. The Labute approximate surface area is 171 Å². The van der Waals surface area contributed by atoms with Crippen LogP contribution >= 0.6 is 0 Å². The van der Waals surface area contributed by atoms with Gasteiger partial charge in [-0.3, -0.25) is 0 Å². The Morgan fingerprint density at radius 1 is 1.07 bits per heavy atom. The molecule has 1 fully saturated rings. The van der Waals surface area contributed by atoms with E-state index < -0.39 is 29.3 Å². The van der Waals surface area contributed by atoms with Crippen molar-refractivity contribution in [3.05, 3.63) is 35.9 Å². The van der Waals surface area contributed by atoms with E-state index >= 15 is 0 Å². The molecule has 0 spiro atoms. The molecule has 0 aromatic heterocycles. The molecule has 0 bridgehead atoms. The van der Waals surface area contributed by atoms with E-state index in [1.54, 1.807) is 27.7 Å². The lowest BCUT2D eigenvalue weighted by molar-refractivity contribution is -0.153. The largest absolute Gasteiger partial charge is 0.464 e. The molecule has 0 radical (unpaired) electrons. The molecule has 1 aliphatic heterocycles. The summed E-state index contributed by atoms with van der Waals surface area (Å²) in [6.45, 7) is 7.88. The summed E-state index contributed by atoms with van der Waals surface area (Å²) in [4.78, 5) is 38.8. The second kappa shape index (κ2) is 9.62. The fourth-order valence-electron chi connectivity index (χ4n) is 3.00. The Morgan fingerprint density at radius 3 is 2.24 bits per heavy atom. The van der Waals surface area contributed by atoms with Crippen LogP contribution in [0.5, 0.6) is 0 Å². The Kier molecular flexibility index (Phi) is 7.47. The zero-order chi connectivity index (χ0) is 21.5. The number of ether oxygens (including phenoxy) is 3. The molecule has 0 unspecified atom stereocenters. The SMILES string of the molecule is CCOC(=O)C1(NC(=O)OCc2ccccc2)CCN(C(=O)OC(C)(C)C)CC1. The zero-order valence-corrected chi connectivity index (χ0v) is 17.5. The minimum absolute atomic E-state index is 0.0929. The molecule has 1 aromatic rings. The molecular weight excluding hydrogens is 376 g/mol. The van der Waals surface area contributed by atoms with Crippen LogP contribution < -0.4 is 5.32 Å². The summed E-state index contributed by atoms with van der Waals surface area (Å²) in [6.07, 6.45) is -0.717. The average Bonchev–Trinajstić information content (AvgIpc) is 2.66. The lowest BCUT2D eigenvalue weighted by Gasteiger charge is -2.40. The van der Waals surface area contributed by atoms with Gasteiger partial charge in [-0.1, -0.05) is 30.3 Å². The molecule has 8 nitrogen and oxygen atoms in total. The van der Waals surface area contributed by atoms with E-state index in [1.165, 1.54) is 4.90 Å². The van der Waals surface area contributed by atoms with Crippen LogP contribution in [-0.4, -0.2) is 53.9 Å². The summed E-state index contributed by atoms with van der Waals surface area (Å²) in [6, 6.07) is 9.26. The molecule has 29 heavy (non-hydrogen) atoms. The third-order valence-corrected chi connectivity index (χ3v) is 4.49. The van der Waals surface area contributed by atoms with Crippen LogP contribution in [0.25, 0.3) is 0 Å². The zero-order valence-electron chi connectivity index (χ0n) is 17.5. The van der Waals surface area contributed by atoms with E-state index in [9.17, 15) is 14.4 Å². The van der Waals surface area contributed by atoms with Gasteiger partial charge in [0, 0.05) is 13.1 Å². The van der Waals surface area contributed by atoms with Crippen molar-refractivity contribution in [2.24, 2.45) is 0 Å². The maximum atomic E-state index is 12.6. The van der Waals surface area contributed by atoms with Crippen molar-refractivity contribution >= 4 is 18.2 Å². The molecular formula is C21H30N2O6. The number of esters is 1. The third-order valence-electron chi connectivity index (χ3n) is 4.49. The van der Waals surface area contributed by atoms with Gasteiger partial charge in [0.15, 0.2) is 0 Å². The lowest BCUT2D eigenvalue weighted by atomic mass is 9.87. The van der Waals surface area contributed by atoms with Crippen molar-refractivity contribution in [2.75, 3.05) is 19.7 Å². The van der Waals surface area contributed by atoms with Gasteiger partial charge in [-0.15, -0.1) is 0 Å². The van der Waals surface area contributed by atoms with E-state index in [-0.39, 0.29) is 39.1 Å². The second-order valence-electron chi connectivity index (χ2n) is 7.96. The first-order valence-electron chi connectivity index (χ1n) is 9.79. The van der Waals surface area contributed by atoms with Crippen molar-refractivity contribution in [2.45, 2.75) is 58.3 Å². The topological polar surface area (TPSA) is 94.2 Å². The van der Waals surface area contributed by atoms with Gasteiger partial charge in [-0.05, 0) is 46.1 Å². The van der Waals surface area contributed by atoms with Gasteiger partial charge in [0.05, 0.1) is 6.61 Å². The molecule has 0 saturated carbocycles. The number of hydrogen-bond donors (Lipinski definition) is 1. The second-order valence-corrected chi connectivity index (χ2v) is 7.96. The van der Waals surface area contributed by atoms with Gasteiger partial charge in [0.2, 0.25) is 0 Å². The predicted molar refractivity (Wildman–Crippen MR) is 106 cm³/mol. The Hall–Kier alpha value is -2.77. The molecule has 1 N–H and O–H groups in total. The molecule has 160 valence electrons. The van der Waals surface area contributed by atoms with E-state index in [2.05, 4.69) is 5.32 Å². The fourth-order valence-corrected chi connectivity index (χ4v) is 3.00. The normalized spacial score (nSPS) is 15.9. The molecule has 8 heteroatoms. The molecule has 2 rings (SSSR count). The number of nitrogens with zero attached hydrogens (tertiary/aromatic N) is 1. The van der Waals surface area contributed by atoms with Crippen LogP contribution in [-0.2, 0) is 25.6 Å². The van der Waals surface area contributed by atoms with Crippen molar-refractivity contribution in [1.82, 2.24) is 10.2 Å². The van der Waals surface area contributed by atoms with Crippen LogP contribution in [0.3, 0.4) is 0 Å². The van der Waals surface area contributed by atoms with E-state index in [1.807, 2.05) is 30.3 Å². The maximum Gasteiger partial charge on any atom is 0.410 e. The summed E-state index contributed by atoms with van der Waals surface area (Å²) < 4.78 is 15.8. The molecule has 2 amide bonds. The smallest absolute Gasteiger partial charge is 0.410 e. The Morgan fingerprint density at radius 2 is 1.69 bits per heavy atom. The number of amides is 2. The molecule has 1 saturated heterocycles. The number of nitrogens with one attached hydrogen (secondary N) is 1. The van der Waals surface area contributed by atoms with Gasteiger partial charge in [-0.2, -0.15) is 0 Å². The van der Waals surface area contributed by atoms with E-state index in [4.69, 9.17) is 14.2 Å². The number of likely N-dealkylation sites (tertiary alicyclic amines) is 1. The van der Waals surface area contributed by atoms with E-state index in [0.29, 0.717) is 0 Å². The van der Waals surface area contributed by atoms with Crippen LogP contribution in [0.15, 0.2) is 30.3 Å². The van der Waals surface area contributed by atoms with Gasteiger partial charge in [0.1, 0.15) is 17.7 Å². The monoisotopic (exact) mass is 406 g/mol. The molecule has 1 heterocycles. The molecule has 0 aliphatic carbocycles. The number of carbonyl (C=O) groups excluding carboxylic acids is 3. The van der Waals surface area contributed by atoms with Crippen molar-refractivity contribution in [3.8, 4) is 0 Å². The highest BCUT2D eigenvalue weighted by Gasteiger charge is 2.45. The summed E-state index contributed by atoms with van der Waals surface area (Å²) in [5.41, 5.74) is -0.998. The third kappa shape index (κ3) is 6.66. The predicted octanol–water partition coefficient (Wildman–Crippen LogP) is 3.25. The van der Waals surface area contributed by atoms with Crippen molar-refractivity contribution in [1.29, 1.82) is 0 Å². The number of alkyl carbamates (subject to hydrolysis) is 1. The number of hydrogen-bond acceptors (Lipinski definition) is 6.